The maximum atomic E-state index is 14.2. The monoisotopic (exact) mass is 293 g/mol. The maximum absolute atomic E-state index is 14.2. The normalized spacial score (nSPS) is 12.5. The fraction of sp³-hybridized carbons (Fsp3) is 0.400. The van der Waals surface area contributed by atoms with Crippen LogP contribution >= 0.6 is 11.3 Å². The van der Waals surface area contributed by atoms with Gasteiger partial charge in [0.25, 0.3) is 0 Å². The number of thiazole rings is 1. The van der Waals surface area contributed by atoms with E-state index in [2.05, 4.69) is 10.3 Å². The Morgan fingerprint density at radius 1 is 1.30 bits per heavy atom. The third-order valence-corrected chi connectivity index (χ3v) is 4.27. The summed E-state index contributed by atoms with van der Waals surface area (Å²) in [5.41, 5.74) is 1.39. The lowest BCUT2D eigenvalue weighted by Crippen LogP contribution is -2.26. The standard InChI is InChI=1S/C15H20FN3S/c1-10(2)19(4)14-6-5-12(9-13(14)16)18-11(3)15-17-7-8-20-15/h5-11,18H,1-4H3. The Hall–Kier alpha value is -1.62. The predicted molar refractivity (Wildman–Crippen MR) is 84.1 cm³/mol. The molecule has 0 aliphatic carbocycles. The van der Waals surface area contributed by atoms with Crippen LogP contribution < -0.4 is 10.2 Å². The maximum Gasteiger partial charge on any atom is 0.148 e. The van der Waals surface area contributed by atoms with Crippen molar-refractivity contribution in [1.82, 2.24) is 4.98 Å². The lowest BCUT2D eigenvalue weighted by molar-refractivity contribution is 0.614. The Labute approximate surface area is 123 Å². The first-order valence-corrected chi connectivity index (χ1v) is 7.55. The Morgan fingerprint density at radius 3 is 2.60 bits per heavy atom. The van der Waals surface area contributed by atoms with E-state index in [1.165, 1.54) is 0 Å². The number of hydrogen-bond acceptors (Lipinski definition) is 4. The summed E-state index contributed by atoms with van der Waals surface area (Å²) in [4.78, 5) is 6.18. The van der Waals surface area contributed by atoms with E-state index in [0.717, 1.165) is 10.7 Å². The molecule has 0 radical (unpaired) electrons. The van der Waals surface area contributed by atoms with Crippen LogP contribution in [-0.2, 0) is 0 Å². The van der Waals surface area contributed by atoms with E-state index in [9.17, 15) is 4.39 Å². The molecule has 108 valence electrons. The molecule has 1 heterocycles. The number of benzene rings is 1. The van der Waals surface area contributed by atoms with Crippen LogP contribution in [0.3, 0.4) is 0 Å². The van der Waals surface area contributed by atoms with E-state index in [4.69, 9.17) is 0 Å². The number of nitrogens with one attached hydrogen (secondary N) is 1. The van der Waals surface area contributed by atoms with Gasteiger partial charge in [-0.05, 0) is 39.0 Å². The van der Waals surface area contributed by atoms with Gasteiger partial charge >= 0.3 is 0 Å². The summed E-state index contributed by atoms with van der Waals surface area (Å²) in [6.45, 7) is 6.09. The van der Waals surface area contributed by atoms with Gasteiger partial charge in [-0.1, -0.05) is 0 Å². The summed E-state index contributed by atoms with van der Waals surface area (Å²) >= 11 is 1.59. The van der Waals surface area contributed by atoms with E-state index >= 15 is 0 Å². The molecule has 1 atom stereocenters. The SMILES string of the molecule is CC(Nc1ccc(N(C)C(C)C)c(F)c1)c1nccs1. The number of aromatic nitrogens is 1. The van der Waals surface area contributed by atoms with Crippen LogP contribution in [-0.4, -0.2) is 18.1 Å². The molecule has 2 aromatic rings. The second-order valence-corrected chi connectivity index (χ2v) is 6.03. The van der Waals surface area contributed by atoms with E-state index < -0.39 is 0 Å². The molecule has 5 heteroatoms. The molecule has 20 heavy (non-hydrogen) atoms. The van der Waals surface area contributed by atoms with Gasteiger partial charge in [-0.15, -0.1) is 11.3 Å². The molecule has 0 spiro atoms. The zero-order valence-corrected chi connectivity index (χ0v) is 13.0. The van der Waals surface area contributed by atoms with Gasteiger partial charge in [-0.25, -0.2) is 9.37 Å². The van der Waals surface area contributed by atoms with Crippen LogP contribution in [0, 0.1) is 5.82 Å². The molecule has 0 saturated carbocycles. The van der Waals surface area contributed by atoms with Crippen LogP contribution in [0.5, 0.6) is 0 Å². The van der Waals surface area contributed by atoms with Crippen molar-refractivity contribution in [3.8, 4) is 0 Å². The molecule has 0 bridgehead atoms. The molecule has 3 nitrogen and oxygen atoms in total. The van der Waals surface area contributed by atoms with Crippen LogP contribution in [0.25, 0.3) is 0 Å². The van der Waals surface area contributed by atoms with Crippen molar-refractivity contribution in [2.24, 2.45) is 0 Å². The first-order chi connectivity index (χ1) is 9.49. The Morgan fingerprint density at radius 2 is 2.05 bits per heavy atom. The smallest absolute Gasteiger partial charge is 0.148 e. The minimum Gasteiger partial charge on any atom is -0.376 e. The molecule has 0 amide bonds. The quantitative estimate of drug-likeness (QED) is 0.891. The minimum atomic E-state index is -0.211. The molecule has 1 aromatic heterocycles. The van der Waals surface area contributed by atoms with E-state index in [-0.39, 0.29) is 17.9 Å². The first-order valence-electron chi connectivity index (χ1n) is 6.67. The number of halogens is 1. The van der Waals surface area contributed by atoms with Crippen molar-refractivity contribution in [2.45, 2.75) is 32.9 Å². The number of anilines is 2. The summed E-state index contributed by atoms with van der Waals surface area (Å²) in [6, 6.07) is 5.59. The van der Waals surface area contributed by atoms with Gasteiger partial charge in [0.2, 0.25) is 0 Å². The lowest BCUT2D eigenvalue weighted by Gasteiger charge is -2.24. The summed E-state index contributed by atoms with van der Waals surface area (Å²) in [7, 11) is 1.90. The van der Waals surface area contributed by atoms with Crippen LogP contribution in [0.4, 0.5) is 15.8 Å². The third kappa shape index (κ3) is 3.28. The third-order valence-electron chi connectivity index (χ3n) is 3.31. The first kappa shape index (κ1) is 14.8. The van der Waals surface area contributed by atoms with Crippen molar-refractivity contribution in [2.75, 3.05) is 17.3 Å². The average Bonchev–Trinajstić information content (AvgIpc) is 2.92. The Kier molecular flexibility index (Phi) is 4.60. The lowest BCUT2D eigenvalue weighted by atomic mass is 10.2. The van der Waals surface area contributed by atoms with E-state index in [0.29, 0.717) is 5.69 Å². The van der Waals surface area contributed by atoms with Crippen LogP contribution in [0.15, 0.2) is 29.8 Å². The van der Waals surface area contributed by atoms with E-state index in [1.54, 1.807) is 23.6 Å². The van der Waals surface area contributed by atoms with Gasteiger partial charge in [0.1, 0.15) is 10.8 Å². The fourth-order valence-electron chi connectivity index (χ4n) is 1.92. The van der Waals surface area contributed by atoms with Gasteiger partial charge in [0.05, 0.1) is 11.7 Å². The predicted octanol–water partition coefficient (Wildman–Crippen LogP) is 4.30. The van der Waals surface area contributed by atoms with Gasteiger partial charge in [-0.2, -0.15) is 0 Å². The molecule has 0 fully saturated rings. The average molecular weight is 293 g/mol. The van der Waals surface area contributed by atoms with Gasteiger partial charge in [0.15, 0.2) is 0 Å². The summed E-state index contributed by atoms with van der Waals surface area (Å²) in [6.07, 6.45) is 1.78. The van der Waals surface area contributed by atoms with Gasteiger partial charge < -0.3 is 10.2 Å². The van der Waals surface area contributed by atoms with E-state index in [1.807, 2.05) is 50.2 Å². The van der Waals surface area contributed by atoms with Crippen molar-refractivity contribution < 1.29 is 4.39 Å². The van der Waals surface area contributed by atoms with Crippen molar-refractivity contribution in [3.63, 3.8) is 0 Å². The Bertz CT molecular complexity index is 554. The van der Waals surface area contributed by atoms with Crippen LogP contribution in [0.1, 0.15) is 31.8 Å². The van der Waals surface area contributed by atoms with Crippen molar-refractivity contribution in [3.05, 3.63) is 40.6 Å². The molecule has 1 N–H and O–H groups in total. The fourth-order valence-corrected chi connectivity index (χ4v) is 2.57. The molecule has 0 aliphatic rings. The van der Waals surface area contributed by atoms with Crippen molar-refractivity contribution >= 4 is 22.7 Å². The number of hydrogen-bond donors (Lipinski definition) is 1. The minimum absolute atomic E-state index is 0.0723. The molecule has 1 aromatic carbocycles. The summed E-state index contributed by atoms with van der Waals surface area (Å²) in [5, 5.41) is 6.20. The molecule has 0 aliphatic heterocycles. The highest BCUT2D eigenvalue weighted by molar-refractivity contribution is 7.09. The highest BCUT2D eigenvalue weighted by Gasteiger charge is 2.13. The molecule has 2 rings (SSSR count). The molecular formula is C15H20FN3S. The highest BCUT2D eigenvalue weighted by Crippen LogP contribution is 2.26. The van der Waals surface area contributed by atoms with Gasteiger partial charge in [0, 0.05) is 30.4 Å². The topological polar surface area (TPSA) is 28.2 Å². The second-order valence-electron chi connectivity index (χ2n) is 5.11. The Balaban J connectivity index is 2.13. The number of rotatable bonds is 5. The van der Waals surface area contributed by atoms with Crippen LogP contribution in [0.2, 0.25) is 0 Å². The highest BCUT2D eigenvalue weighted by atomic mass is 32.1. The number of nitrogens with zero attached hydrogens (tertiary/aromatic N) is 2. The van der Waals surface area contributed by atoms with Gasteiger partial charge in [-0.3, -0.25) is 0 Å². The summed E-state index contributed by atoms with van der Waals surface area (Å²) < 4.78 is 14.2. The summed E-state index contributed by atoms with van der Waals surface area (Å²) in [5.74, 6) is -0.211. The largest absolute Gasteiger partial charge is 0.376 e. The molecular weight excluding hydrogens is 273 g/mol. The molecule has 1 unspecified atom stereocenters. The molecule has 0 saturated heterocycles. The zero-order valence-electron chi connectivity index (χ0n) is 12.2. The second kappa shape index (κ2) is 6.22. The van der Waals surface area contributed by atoms with Crippen molar-refractivity contribution in [1.29, 1.82) is 0 Å². The zero-order chi connectivity index (χ0) is 14.7.